The second-order valence-corrected chi connectivity index (χ2v) is 7.30. The van der Waals surface area contributed by atoms with Gasteiger partial charge in [-0.15, -0.1) is 11.3 Å². The number of carbonyl (C=O) groups excluding carboxylic acids is 1. The van der Waals surface area contributed by atoms with Gasteiger partial charge >= 0.3 is 6.03 Å². The van der Waals surface area contributed by atoms with Gasteiger partial charge in [-0.05, 0) is 56.3 Å². The van der Waals surface area contributed by atoms with Crippen molar-refractivity contribution >= 4 is 22.9 Å². The molecule has 0 aliphatic rings. The highest BCUT2D eigenvalue weighted by Crippen LogP contribution is 2.24. The Kier molecular flexibility index (Phi) is 5.26. The van der Waals surface area contributed by atoms with Crippen LogP contribution in [0.5, 0.6) is 0 Å². The van der Waals surface area contributed by atoms with Crippen molar-refractivity contribution in [2.45, 2.75) is 39.3 Å². The summed E-state index contributed by atoms with van der Waals surface area (Å²) in [4.78, 5) is 13.5. The molecule has 0 bridgehead atoms. The second kappa shape index (κ2) is 7.01. The highest BCUT2D eigenvalue weighted by molar-refractivity contribution is 7.10. The average Bonchev–Trinajstić information content (AvgIpc) is 3.01. The molecule has 0 saturated carbocycles. The van der Waals surface area contributed by atoms with Gasteiger partial charge in [0.2, 0.25) is 0 Å². The number of amides is 2. The third-order valence-corrected chi connectivity index (χ3v) is 4.88. The normalized spacial score (nSPS) is 12.5. The standard InChI is InChI=1S/C19H24N2OS/c1-13(2)15-8-6-9-16(12-15)19(4,5)21-18(22)20-14(3)17-10-7-11-23-17/h6-12,14H,1H2,2-5H3,(H2,20,21,22)/t14-/m0/s1. The van der Waals surface area contributed by atoms with Gasteiger partial charge in [0, 0.05) is 4.88 Å². The Morgan fingerprint density at radius 2 is 2.00 bits per heavy atom. The summed E-state index contributed by atoms with van der Waals surface area (Å²) in [5.41, 5.74) is 2.69. The van der Waals surface area contributed by atoms with Crippen LogP contribution in [0.2, 0.25) is 0 Å². The first-order valence-electron chi connectivity index (χ1n) is 7.68. The molecule has 1 aromatic carbocycles. The van der Waals surface area contributed by atoms with Crippen molar-refractivity contribution in [3.05, 3.63) is 64.4 Å². The molecular weight excluding hydrogens is 304 g/mol. The Morgan fingerprint density at radius 3 is 2.61 bits per heavy atom. The van der Waals surface area contributed by atoms with Crippen LogP contribution < -0.4 is 10.6 Å². The lowest BCUT2D eigenvalue weighted by atomic mass is 9.92. The highest BCUT2D eigenvalue weighted by atomic mass is 32.1. The minimum atomic E-state index is -0.468. The van der Waals surface area contributed by atoms with Crippen molar-refractivity contribution in [2.24, 2.45) is 0 Å². The number of allylic oxidation sites excluding steroid dienone is 1. The topological polar surface area (TPSA) is 41.1 Å². The van der Waals surface area contributed by atoms with Gasteiger partial charge in [-0.1, -0.05) is 36.4 Å². The van der Waals surface area contributed by atoms with Gasteiger partial charge in [0.05, 0.1) is 11.6 Å². The van der Waals surface area contributed by atoms with Crippen LogP contribution >= 0.6 is 11.3 Å². The fourth-order valence-corrected chi connectivity index (χ4v) is 3.11. The SMILES string of the molecule is C=C(C)c1cccc(C(C)(C)NC(=O)N[C@@H](C)c2cccs2)c1. The van der Waals surface area contributed by atoms with E-state index in [0.717, 1.165) is 21.6 Å². The first-order chi connectivity index (χ1) is 10.8. The van der Waals surface area contributed by atoms with Gasteiger partial charge < -0.3 is 10.6 Å². The smallest absolute Gasteiger partial charge is 0.315 e. The maximum absolute atomic E-state index is 12.3. The Balaban J connectivity index is 2.06. The summed E-state index contributed by atoms with van der Waals surface area (Å²) in [6.45, 7) is 11.9. The van der Waals surface area contributed by atoms with Crippen molar-refractivity contribution in [3.63, 3.8) is 0 Å². The first kappa shape index (κ1) is 17.3. The summed E-state index contributed by atoms with van der Waals surface area (Å²) in [5, 5.41) is 8.06. The third-order valence-electron chi connectivity index (χ3n) is 3.82. The zero-order valence-electron chi connectivity index (χ0n) is 14.1. The molecule has 0 aliphatic carbocycles. The van der Waals surface area contributed by atoms with E-state index in [1.807, 2.05) is 63.4 Å². The van der Waals surface area contributed by atoms with E-state index in [1.54, 1.807) is 11.3 Å². The van der Waals surface area contributed by atoms with Crippen LogP contribution in [0, 0.1) is 0 Å². The Bertz CT molecular complexity index is 689. The van der Waals surface area contributed by atoms with Crippen LogP contribution in [0.25, 0.3) is 5.57 Å². The van der Waals surface area contributed by atoms with Gasteiger partial charge in [0.25, 0.3) is 0 Å². The summed E-state index contributed by atoms with van der Waals surface area (Å²) in [7, 11) is 0. The Hall–Kier alpha value is -2.07. The molecule has 23 heavy (non-hydrogen) atoms. The lowest BCUT2D eigenvalue weighted by molar-refractivity contribution is 0.227. The zero-order valence-corrected chi connectivity index (χ0v) is 15.0. The average molecular weight is 328 g/mol. The van der Waals surface area contributed by atoms with Gasteiger partial charge in [-0.2, -0.15) is 0 Å². The minimum Gasteiger partial charge on any atom is -0.331 e. The number of benzene rings is 1. The number of rotatable bonds is 5. The van der Waals surface area contributed by atoms with Crippen LogP contribution in [0.4, 0.5) is 4.79 Å². The summed E-state index contributed by atoms with van der Waals surface area (Å²) in [5.74, 6) is 0. The van der Waals surface area contributed by atoms with Gasteiger partial charge in [-0.25, -0.2) is 4.79 Å². The van der Waals surface area contributed by atoms with Crippen molar-refractivity contribution < 1.29 is 4.79 Å². The van der Waals surface area contributed by atoms with Crippen molar-refractivity contribution in [3.8, 4) is 0 Å². The molecule has 0 spiro atoms. The van der Waals surface area contributed by atoms with Crippen molar-refractivity contribution in [2.75, 3.05) is 0 Å². The molecule has 2 N–H and O–H groups in total. The van der Waals surface area contributed by atoms with Crippen LogP contribution in [-0.2, 0) is 5.54 Å². The van der Waals surface area contributed by atoms with Crippen molar-refractivity contribution in [1.82, 2.24) is 10.6 Å². The summed E-state index contributed by atoms with van der Waals surface area (Å²) < 4.78 is 0. The van der Waals surface area contributed by atoms with Crippen LogP contribution in [0.3, 0.4) is 0 Å². The molecule has 3 nitrogen and oxygen atoms in total. The molecular formula is C19H24N2OS. The fourth-order valence-electron chi connectivity index (χ4n) is 2.37. The number of nitrogens with one attached hydrogen (secondary N) is 2. The predicted octanol–water partition coefficient (Wildman–Crippen LogP) is 5.08. The molecule has 0 fully saturated rings. The number of urea groups is 1. The first-order valence-corrected chi connectivity index (χ1v) is 8.56. The van der Waals surface area contributed by atoms with Gasteiger partial charge in [0.15, 0.2) is 0 Å². The Labute approximate surface area is 142 Å². The van der Waals surface area contributed by atoms with E-state index >= 15 is 0 Å². The van der Waals surface area contributed by atoms with Crippen LogP contribution in [0.15, 0.2) is 48.4 Å². The molecule has 0 saturated heterocycles. The number of carbonyl (C=O) groups is 1. The van der Waals surface area contributed by atoms with E-state index < -0.39 is 5.54 Å². The molecule has 0 aliphatic heterocycles. The maximum Gasteiger partial charge on any atom is 0.315 e. The lowest BCUT2D eigenvalue weighted by Gasteiger charge is -2.28. The molecule has 0 unspecified atom stereocenters. The van der Waals surface area contributed by atoms with Crippen LogP contribution in [0.1, 0.15) is 49.7 Å². The van der Waals surface area contributed by atoms with Gasteiger partial charge in [-0.3, -0.25) is 0 Å². The van der Waals surface area contributed by atoms with Gasteiger partial charge in [0.1, 0.15) is 0 Å². The van der Waals surface area contributed by atoms with E-state index in [-0.39, 0.29) is 12.1 Å². The monoisotopic (exact) mass is 328 g/mol. The summed E-state index contributed by atoms with van der Waals surface area (Å²) in [6, 6.07) is 12.0. The number of hydrogen-bond acceptors (Lipinski definition) is 2. The van der Waals surface area contributed by atoms with E-state index in [2.05, 4.69) is 23.3 Å². The maximum atomic E-state index is 12.3. The molecule has 2 aromatic rings. The molecule has 1 aromatic heterocycles. The fraction of sp³-hybridized carbons (Fsp3) is 0.316. The molecule has 4 heteroatoms. The molecule has 122 valence electrons. The Morgan fingerprint density at radius 1 is 1.26 bits per heavy atom. The quantitative estimate of drug-likeness (QED) is 0.790. The predicted molar refractivity (Wildman–Crippen MR) is 98.6 cm³/mol. The lowest BCUT2D eigenvalue weighted by Crippen LogP contribution is -2.47. The summed E-state index contributed by atoms with van der Waals surface area (Å²) >= 11 is 1.64. The zero-order chi connectivity index (χ0) is 17.0. The molecule has 1 atom stereocenters. The molecule has 2 amide bonds. The molecule has 2 rings (SSSR count). The van der Waals surface area contributed by atoms with E-state index in [1.165, 1.54) is 0 Å². The summed E-state index contributed by atoms with van der Waals surface area (Å²) in [6.07, 6.45) is 0. The van der Waals surface area contributed by atoms with E-state index in [4.69, 9.17) is 0 Å². The van der Waals surface area contributed by atoms with Crippen molar-refractivity contribution in [1.29, 1.82) is 0 Å². The largest absolute Gasteiger partial charge is 0.331 e. The second-order valence-electron chi connectivity index (χ2n) is 6.32. The number of hydrogen-bond donors (Lipinski definition) is 2. The third kappa shape index (κ3) is 4.45. The van der Waals surface area contributed by atoms with E-state index in [0.29, 0.717) is 0 Å². The van der Waals surface area contributed by atoms with Crippen LogP contribution in [-0.4, -0.2) is 6.03 Å². The highest BCUT2D eigenvalue weighted by Gasteiger charge is 2.24. The van der Waals surface area contributed by atoms with E-state index in [9.17, 15) is 4.79 Å². The minimum absolute atomic E-state index is 0.00689. The molecule has 0 radical (unpaired) electrons. The molecule has 1 heterocycles. The number of thiophene rings is 1.